The highest BCUT2D eigenvalue weighted by molar-refractivity contribution is 5.94. The third kappa shape index (κ3) is 4.41. The van der Waals surface area contributed by atoms with Gasteiger partial charge < -0.3 is 4.90 Å². The monoisotopic (exact) mass is 368 g/mol. The van der Waals surface area contributed by atoms with Crippen molar-refractivity contribution in [3.63, 3.8) is 0 Å². The predicted molar refractivity (Wildman–Crippen MR) is 109 cm³/mol. The Kier molecular flexibility index (Phi) is 6.00. The topological polar surface area (TPSA) is 41.4 Å². The van der Waals surface area contributed by atoms with E-state index >= 15 is 0 Å². The first-order valence-corrected chi connectivity index (χ1v) is 10.0. The highest BCUT2D eigenvalue weighted by atomic mass is 16.2. The summed E-state index contributed by atoms with van der Waals surface area (Å²) in [6.45, 7) is 14.1. The molecule has 0 N–H and O–H groups in total. The van der Waals surface area contributed by atoms with Crippen LogP contribution in [0.1, 0.15) is 54.5 Å². The van der Waals surface area contributed by atoms with Gasteiger partial charge in [-0.15, -0.1) is 0 Å². The molecule has 1 aromatic carbocycles. The van der Waals surface area contributed by atoms with Gasteiger partial charge in [0.05, 0.1) is 12.2 Å². The van der Waals surface area contributed by atoms with Gasteiger partial charge in [-0.05, 0) is 57.9 Å². The number of carbonyl (C=O) groups is 1. The number of aryl methyl sites for hydroxylation is 2. The van der Waals surface area contributed by atoms with Gasteiger partial charge in [0.1, 0.15) is 0 Å². The Balaban J connectivity index is 1.66. The second-order valence-electron chi connectivity index (χ2n) is 7.93. The first kappa shape index (κ1) is 19.6. The molecular formula is C22H32N4O. The normalized spacial score (nSPS) is 18.3. The van der Waals surface area contributed by atoms with Gasteiger partial charge in [0.25, 0.3) is 5.91 Å². The molecule has 1 aliphatic heterocycles. The van der Waals surface area contributed by atoms with Gasteiger partial charge in [0.2, 0.25) is 0 Å². The predicted octanol–water partition coefficient (Wildman–Crippen LogP) is 3.49. The van der Waals surface area contributed by atoms with Crippen LogP contribution in [0.15, 0.2) is 30.3 Å². The number of benzene rings is 1. The van der Waals surface area contributed by atoms with Crippen molar-refractivity contribution in [2.75, 3.05) is 19.6 Å². The van der Waals surface area contributed by atoms with Crippen molar-refractivity contribution in [2.45, 2.75) is 59.7 Å². The van der Waals surface area contributed by atoms with E-state index in [1.165, 1.54) is 0 Å². The Morgan fingerprint density at radius 2 is 1.89 bits per heavy atom. The smallest absolute Gasteiger partial charge is 0.253 e. The van der Waals surface area contributed by atoms with Gasteiger partial charge in [-0.1, -0.05) is 19.1 Å². The number of nitrogens with zero attached hydrogens (tertiary/aromatic N) is 4. The van der Waals surface area contributed by atoms with Crippen molar-refractivity contribution >= 4 is 5.91 Å². The molecular weight excluding hydrogens is 336 g/mol. The molecule has 1 aromatic heterocycles. The van der Waals surface area contributed by atoms with Crippen LogP contribution in [0.25, 0.3) is 0 Å². The summed E-state index contributed by atoms with van der Waals surface area (Å²) in [6, 6.07) is 11.1. The fourth-order valence-corrected chi connectivity index (χ4v) is 4.04. The number of piperazine rings is 1. The molecule has 1 saturated heterocycles. The maximum atomic E-state index is 13.0. The van der Waals surface area contributed by atoms with Gasteiger partial charge >= 0.3 is 0 Å². The molecule has 5 heteroatoms. The number of rotatable bonds is 5. The van der Waals surface area contributed by atoms with E-state index in [2.05, 4.69) is 43.8 Å². The van der Waals surface area contributed by atoms with E-state index in [4.69, 9.17) is 0 Å². The molecule has 0 spiro atoms. The molecule has 1 aliphatic rings. The highest BCUT2D eigenvalue weighted by Crippen LogP contribution is 2.18. The maximum Gasteiger partial charge on any atom is 0.253 e. The van der Waals surface area contributed by atoms with E-state index in [-0.39, 0.29) is 5.91 Å². The van der Waals surface area contributed by atoms with Crippen molar-refractivity contribution in [1.82, 2.24) is 19.6 Å². The van der Waals surface area contributed by atoms with Crippen molar-refractivity contribution < 1.29 is 4.79 Å². The molecule has 2 aromatic rings. The lowest BCUT2D eigenvalue weighted by atomic mass is 10.1. The van der Waals surface area contributed by atoms with Crippen LogP contribution < -0.4 is 0 Å². The minimum Gasteiger partial charge on any atom is -0.336 e. The zero-order chi connectivity index (χ0) is 19.6. The Morgan fingerprint density at radius 3 is 2.44 bits per heavy atom. The number of hydrogen-bond donors (Lipinski definition) is 0. The second kappa shape index (κ2) is 8.26. The zero-order valence-corrected chi connectivity index (χ0v) is 17.3. The molecule has 2 heterocycles. The van der Waals surface area contributed by atoms with E-state index in [1.807, 2.05) is 40.8 Å². The molecule has 1 fully saturated rings. The van der Waals surface area contributed by atoms with Crippen molar-refractivity contribution in [1.29, 1.82) is 0 Å². The van der Waals surface area contributed by atoms with Crippen molar-refractivity contribution in [2.24, 2.45) is 0 Å². The fraction of sp³-hybridized carbons (Fsp3) is 0.545. The van der Waals surface area contributed by atoms with E-state index < -0.39 is 0 Å². The lowest BCUT2D eigenvalue weighted by molar-refractivity contribution is 0.0371. The molecule has 3 rings (SSSR count). The Bertz CT molecular complexity index is 778. The fourth-order valence-electron chi connectivity index (χ4n) is 4.04. The van der Waals surface area contributed by atoms with Crippen molar-refractivity contribution in [3.8, 4) is 0 Å². The third-order valence-corrected chi connectivity index (χ3v) is 5.59. The van der Waals surface area contributed by atoms with E-state index in [9.17, 15) is 4.79 Å². The number of hydrogen-bond acceptors (Lipinski definition) is 3. The Labute approximate surface area is 163 Å². The summed E-state index contributed by atoms with van der Waals surface area (Å²) in [6.07, 6.45) is 1.07. The minimum atomic E-state index is 0.148. The molecule has 0 bridgehead atoms. The molecule has 1 atom stereocenters. The summed E-state index contributed by atoms with van der Waals surface area (Å²) >= 11 is 0. The maximum absolute atomic E-state index is 13.0. The molecule has 146 valence electrons. The average Bonchev–Trinajstić information content (AvgIpc) is 2.98. The number of carbonyl (C=O) groups excluding carboxylic acids is 1. The molecule has 0 unspecified atom stereocenters. The summed E-state index contributed by atoms with van der Waals surface area (Å²) in [4.78, 5) is 17.5. The number of amides is 1. The van der Waals surface area contributed by atoms with E-state index in [0.717, 1.165) is 55.1 Å². The van der Waals surface area contributed by atoms with Gasteiger partial charge in [-0.2, -0.15) is 5.10 Å². The van der Waals surface area contributed by atoms with Crippen LogP contribution >= 0.6 is 0 Å². The van der Waals surface area contributed by atoms with Crippen LogP contribution in [0.4, 0.5) is 0 Å². The zero-order valence-electron chi connectivity index (χ0n) is 17.3. The quantitative estimate of drug-likeness (QED) is 0.811. The number of aromatic nitrogens is 2. The van der Waals surface area contributed by atoms with E-state index in [1.54, 1.807) is 0 Å². The lowest BCUT2D eigenvalue weighted by Gasteiger charge is -2.43. The summed E-state index contributed by atoms with van der Waals surface area (Å²) in [5, 5.41) is 4.51. The first-order chi connectivity index (χ1) is 12.9. The summed E-state index contributed by atoms with van der Waals surface area (Å²) in [5.74, 6) is 0.148. The van der Waals surface area contributed by atoms with Gasteiger partial charge in [0, 0.05) is 43.0 Å². The average molecular weight is 369 g/mol. The van der Waals surface area contributed by atoms with Crippen LogP contribution in [-0.2, 0) is 6.54 Å². The third-order valence-electron chi connectivity index (χ3n) is 5.59. The lowest BCUT2D eigenvalue weighted by Crippen LogP contribution is -2.56. The standard InChI is InChI=1S/C22H32N4O/c1-6-21-15-24(11-12-25(21)16(2)3)22(27)20-9-7-19(8-10-20)14-26-18(5)13-17(4)23-26/h7-10,13,16,21H,6,11-12,14-15H2,1-5H3/t21-/m1/s1. The molecule has 0 saturated carbocycles. The van der Waals surface area contributed by atoms with Gasteiger partial charge in [-0.25, -0.2) is 0 Å². The summed E-state index contributed by atoms with van der Waals surface area (Å²) < 4.78 is 2.00. The molecule has 0 aliphatic carbocycles. The Hall–Kier alpha value is -2.14. The summed E-state index contributed by atoms with van der Waals surface area (Å²) in [5.41, 5.74) is 4.13. The van der Waals surface area contributed by atoms with Crippen LogP contribution in [0.3, 0.4) is 0 Å². The Morgan fingerprint density at radius 1 is 1.19 bits per heavy atom. The van der Waals surface area contributed by atoms with Crippen LogP contribution in [-0.4, -0.2) is 57.2 Å². The van der Waals surface area contributed by atoms with E-state index in [0.29, 0.717) is 12.1 Å². The van der Waals surface area contributed by atoms with Gasteiger partial charge in [0.15, 0.2) is 0 Å². The second-order valence-corrected chi connectivity index (χ2v) is 7.93. The SMILES string of the molecule is CC[C@@H]1CN(C(=O)c2ccc(Cn3nc(C)cc3C)cc2)CCN1C(C)C. The summed E-state index contributed by atoms with van der Waals surface area (Å²) in [7, 11) is 0. The molecule has 0 radical (unpaired) electrons. The largest absolute Gasteiger partial charge is 0.336 e. The molecule has 27 heavy (non-hydrogen) atoms. The molecule has 1 amide bonds. The molecule has 5 nitrogen and oxygen atoms in total. The minimum absolute atomic E-state index is 0.148. The van der Waals surface area contributed by atoms with Crippen LogP contribution in [0.2, 0.25) is 0 Å². The van der Waals surface area contributed by atoms with Gasteiger partial charge in [-0.3, -0.25) is 14.4 Å². The van der Waals surface area contributed by atoms with Crippen LogP contribution in [0.5, 0.6) is 0 Å². The highest BCUT2D eigenvalue weighted by Gasteiger charge is 2.30. The van der Waals surface area contributed by atoms with Crippen LogP contribution in [0, 0.1) is 13.8 Å². The first-order valence-electron chi connectivity index (χ1n) is 10.0. The van der Waals surface area contributed by atoms with Crippen molar-refractivity contribution in [3.05, 3.63) is 52.8 Å².